The molecule has 4 nitrogen and oxygen atoms in total. The van der Waals surface area contributed by atoms with Gasteiger partial charge in [-0.2, -0.15) is 11.8 Å². The number of hydrazine groups is 1. The van der Waals surface area contributed by atoms with Gasteiger partial charge in [0.2, 0.25) is 5.91 Å². The number of hydrogen-bond donors (Lipinski definition) is 2. The maximum absolute atomic E-state index is 12.9. The Morgan fingerprint density at radius 1 is 1.22 bits per heavy atom. The molecule has 0 saturated carbocycles. The van der Waals surface area contributed by atoms with E-state index < -0.39 is 0 Å². The van der Waals surface area contributed by atoms with E-state index in [0.717, 1.165) is 30.3 Å². The van der Waals surface area contributed by atoms with Gasteiger partial charge in [0.05, 0.1) is 5.92 Å². The quantitative estimate of drug-likeness (QED) is 0.858. The van der Waals surface area contributed by atoms with E-state index in [-0.39, 0.29) is 23.9 Å². The van der Waals surface area contributed by atoms with Crippen LogP contribution in [0, 0.1) is 5.92 Å². The standard InChI is InChI=1S/C17H24ClN3OS/c1-11-16(12(2)20-19-11)17(22)21-8-7-15(23-10-9-21)13-5-3-4-6-14(13)18/h3-6,11-12,15-16,19-20H,7-10H2,1-2H3. The molecule has 2 saturated heterocycles. The summed E-state index contributed by atoms with van der Waals surface area (Å²) in [5.74, 6) is 1.23. The summed E-state index contributed by atoms with van der Waals surface area (Å²) < 4.78 is 0. The topological polar surface area (TPSA) is 44.4 Å². The van der Waals surface area contributed by atoms with E-state index in [1.54, 1.807) is 0 Å². The van der Waals surface area contributed by atoms with Gasteiger partial charge in [-0.25, -0.2) is 0 Å². The normalized spacial score (nSPS) is 31.9. The van der Waals surface area contributed by atoms with Crippen LogP contribution in [-0.2, 0) is 4.79 Å². The molecular formula is C17H24ClN3OS. The Morgan fingerprint density at radius 2 is 1.91 bits per heavy atom. The first kappa shape index (κ1) is 17.1. The van der Waals surface area contributed by atoms with Crippen LogP contribution in [0.25, 0.3) is 0 Å². The third-order valence-electron chi connectivity index (χ3n) is 4.81. The lowest BCUT2D eigenvalue weighted by atomic mass is 9.95. The Kier molecular flexibility index (Phi) is 5.52. The van der Waals surface area contributed by atoms with Crippen molar-refractivity contribution in [1.29, 1.82) is 0 Å². The molecule has 0 aromatic heterocycles. The number of halogens is 1. The Morgan fingerprint density at radius 3 is 2.61 bits per heavy atom. The van der Waals surface area contributed by atoms with Gasteiger partial charge in [0.25, 0.3) is 0 Å². The summed E-state index contributed by atoms with van der Waals surface area (Å²) in [6, 6.07) is 8.40. The molecule has 126 valence electrons. The third kappa shape index (κ3) is 3.68. The number of benzene rings is 1. The summed E-state index contributed by atoms with van der Waals surface area (Å²) in [5, 5.41) is 1.20. The summed E-state index contributed by atoms with van der Waals surface area (Å²) in [4.78, 5) is 14.9. The molecule has 2 heterocycles. The number of nitrogens with one attached hydrogen (secondary N) is 2. The highest BCUT2D eigenvalue weighted by atomic mass is 35.5. The van der Waals surface area contributed by atoms with Crippen LogP contribution in [0.1, 0.15) is 31.1 Å². The largest absolute Gasteiger partial charge is 0.341 e. The van der Waals surface area contributed by atoms with E-state index in [9.17, 15) is 4.79 Å². The molecule has 3 unspecified atom stereocenters. The Labute approximate surface area is 147 Å². The van der Waals surface area contributed by atoms with Crippen LogP contribution in [0.4, 0.5) is 0 Å². The van der Waals surface area contributed by atoms with Crippen LogP contribution in [0.15, 0.2) is 24.3 Å². The van der Waals surface area contributed by atoms with E-state index in [1.165, 1.54) is 5.56 Å². The lowest BCUT2D eigenvalue weighted by molar-refractivity contribution is -0.135. The van der Waals surface area contributed by atoms with Crippen LogP contribution >= 0.6 is 23.4 Å². The lowest BCUT2D eigenvalue weighted by Crippen LogP contribution is -2.44. The van der Waals surface area contributed by atoms with Gasteiger partial charge < -0.3 is 4.90 Å². The van der Waals surface area contributed by atoms with Gasteiger partial charge in [-0.3, -0.25) is 15.6 Å². The first-order chi connectivity index (χ1) is 11.1. The minimum atomic E-state index is 0.0110. The number of nitrogens with zero attached hydrogens (tertiary/aromatic N) is 1. The van der Waals surface area contributed by atoms with Crippen LogP contribution in [-0.4, -0.2) is 41.7 Å². The van der Waals surface area contributed by atoms with E-state index >= 15 is 0 Å². The van der Waals surface area contributed by atoms with Crippen molar-refractivity contribution in [3.63, 3.8) is 0 Å². The van der Waals surface area contributed by atoms with Crippen molar-refractivity contribution < 1.29 is 4.79 Å². The summed E-state index contributed by atoms with van der Waals surface area (Å²) in [5.41, 5.74) is 7.55. The Hall–Kier alpha value is -0.750. The molecule has 0 bridgehead atoms. The number of carbonyl (C=O) groups excluding carboxylic acids is 1. The molecule has 2 aliphatic heterocycles. The van der Waals surface area contributed by atoms with Gasteiger partial charge in [0.15, 0.2) is 0 Å². The SMILES string of the molecule is CC1NNC(C)C1C(=O)N1CCSC(c2ccccc2Cl)CC1. The minimum absolute atomic E-state index is 0.0110. The van der Waals surface area contributed by atoms with E-state index in [4.69, 9.17) is 11.6 Å². The second-order valence-corrected chi connectivity index (χ2v) is 8.10. The van der Waals surface area contributed by atoms with Crippen molar-refractivity contribution in [1.82, 2.24) is 15.8 Å². The van der Waals surface area contributed by atoms with E-state index in [0.29, 0.717) is 5.25 Å². The van der Waals surface area contributed by atoms with E-state index in [1.807, 2.05) is 34.9 Å². The maximum Gasteiger partial charge on any atom is 0.228 e. The molecule has 1 aromatic carbocycles. The average Bonchev–Trinajstić information content (AvgIpc) is 2.75. The van der Waals surface area contributed by atoms with Gasteiger partial charge in [0.1, 0.15) is 0 Å². The molecule has 1 amide bonds. The number of amides is 1. The molecule has 3 atom stereocenters. The summed E-state index contributed by atoms with van der Waals surface area (Å²) >= 11 is 8.25. The number of thioether (sulfide) groups is 1. The lowest BCUT2D eigenvalue weighted by Gasteiger charge is -2.27. The summed E-state index contributed by atoms with van der Waals surface area (Å²) in [6.07, 6.45) is 0.955. The predicted octanol–water partition coefficient (Wildman–Crippen LogP) is 2.85. The molecular weight excluding hydrogens is 330 g/mol. The first-order valence-electron chi connectivity index (χ1n) is 8.24. The molecule has 2 N–H and O–H groups in total. The highest BCUT2D eigenvalue weighted by Gasteiger charge is 2.38. The van der Waals surface area contributed by atoms with Crippen molar-refractivity contribution in [3.8, 4) is 0 Å². The van der Waals surface area contributed by atoms with Crippen molar-refractivity contribution >= 4 is 29.3 Å². The molecule has 1 aromatic rings. The van der Waals surface area contributed by atoms with Crippen molar-refractivity contribution in [3.05, 3.63) is 34.9 Å². The molecule has 2 aliphatic rings. The molecule has 6 heteroatoms. The average molecular weight is 354 g/mol. The number of carbonyl (C=O) groups is 1. The number of rotatable bonds is 2. The van der Waals surface area contributed by atoms with Gasteiger partial charge in [0, 0.05) is 41.2 Å². The summed E-state index contributed by atoms with van der Waals surface area (Å²) in [6.45, 7) is 5.76. The van der Waals surface area contributed by atoms with Crippen LogP contribution < -0.4 is 10.9 Å². The molecule has 0 radical (unpaired) electrons. The van der Waals surface area contributed by atoms with Crippen LogP contribution in [0.2, 0.25) is 5.02 Å². The zero-order valence-electron chi connectivity index (χ0n) is 13.6. The van der Waals surface area contributed by atoms with Crippen molar-refractivity contribution in [2.24, 2.45) is 5.92 Å². The van der Waals surface area contributed by atoms with Crippen LogP contribution in [0.5, 0.6) is 0 Å². The fraction of sp³-hybridized carbons (Fsp3) is 0.588. The van der Waals surface area contributed by atoms with Gasteiger partial charge in [-0.1, -0.05) is 29.8 Å². The molecule has 0 spiro atoms. The van der Waals surface area contributed by atoms with Crippen LogP contribution in [0.3, 0.4) is 0 Å². The Bertz CT molecular complexity index is 561. The van der Waals surface area contributed by atoms with Gasteiger partial charge in [-0.05, 0) is 31.9 Å². The van der Waals surface area contributed by atoms with Crippen molar-refractivity contribution in [2.75, 3.05) is 18.8 Å². The zero-order chi connectivity index (χ0) is 16.4. The first-order valence-corrected chi connectivity index (χ1v) is 9.66. The maximum atomic E-state index is 12.9. The number of hydrogen-bond acceptors (Lipinski definition) is 4. The third-order valence-corrected chi connectivity index (χ3v) is 6.46. The predicted molar refractivity (Wildman–Crippen MR) is 96.5 cm³/mol. The van der Waals surface area contributed by atoms with E-state index in [2.05, 4.69) is 30.8 Å². The second kappa shape index (κ2) is 7.43. The second-order valence-electron chi connectivity index (χ2n) is 6.39. The minimum Gasteiger partial charge on any atom is -0.341 e. The summed E-state index contributed by atoms with van der Waals surface area (Å²) in [7, 11) is 0. The molecule has 3 rings (SSSR count). The zero-order valence-corrected chi connectivity index (χ0v) is 15.2. The van der Waals surface area contributed by atoms with Gasteiger partial charge >= 0.3 is 0 Å². The monoisotopic (exact) mass is 353 g/mol. The molecule has 0 aliphatic carbocycles. The highest BCUT2D eigenvalue weighted by molar-refractivity contribution is 7.99. The fourth-order valence-corrected chi connectivity index (χ4v) is 5.09. The Balaban J connectivity index is 1.67. The smallest absolute Gasteiger partial charge is 0.228 e. The van der Waals surface area contributed by atoms with Crippen molar-refractivity contribution in [2.45, 2.75) is 37.6 Å². The highest BCUT2D eigenvalue weighted by Crippen LogP contribution is 2.38. The molecule has 2 fully saturated rings. The molecule has 23 heavy (non-hydrogen) atoms. The van der Waals surface area contributed by atoms with Gasteiger partial charge in [-0.15, -0.1) is 0 Å². The fourth-order valence-electron chi connectivity index (χ4n) is 3.49.